The van der Waals surface area contributed by atoms with E-state index in [0.717, 1.165) is 0 Å². The number of aliphatic hydroxyl groups is 1. The molecule has 2 nitrogen and oxygen atoms in total. The van der Waals surface area contributed by atoms with Crippen LogP contribution >= 0.6 is 11.6 Å². The molecule has 0 saturated heterocycles. The largest absolute Gasteiger partial charge is 0.388 e. The van der Waals surface area contributed by atoms with Crippen molar-refractivity contribution in [2.75, 3.05) is 6.54 Å². The lowest BCUT2D eigenvalue weighted by molar-refractivity contribution is 0.00403. The first-order chi connectivity index (χ1) is 7.39. The molecule has 1 aromatic carbocycles. The molecule has 0 aromatic heterocycles. The van der Waals surface area contributed by atoms with Crippen molar-refractivity contribution in [2.24, 2.45) is 11.7 Å². The summed E-state index contributed by atoms with van der Waals surface area (Å²) >= 11 is 5.59. The number of hydrogen-bond donors (Lipinski definition) is 2. The molecule has 0 saturated carbocycles. The number of benzene rings is 1. The third-order valence-electron chi connectivity index (χ3n) is 2.92. The molecule has 0 amide bonds. The van der Waals surface area contributed by atoms with E-state index in [-0.39, 0.29) is 17.5 Å². The van der Waals surface area contributed by atoms with Crippen molar-refractivity contribution < 1.29 is 9.50 Å². The second-order valence-corrected chi connectivity index (χ2v) is 4.79. The van der Waals surface area contributed by atoms with E-state index in [0.29, 0.717) is 12.0 Å². The molecule has 0 aliphatic carbocycles. The summed E-state index contributed by atoms with van der Waals surface area (Å²) in [7, 11) is 0. The molecule has 0 fully saturated rings. The van der Waals surface area contributed by atoms with Crippen molar-refractivity contribution in [1.29, 1.82) is 0 Å². The second kappa shape index (κ2) is 5.13. The summed E-state index contributed by atoms with van der Waals surface area (Å²) in [6.07, 6.45) is 0.329. The van der Waals surface area contributed by atoms with E-state index in [1.807, 2.05) is 13.8 Å². The minimum absolute atomic E-state index is 0.0104. The quantitative estimate of drug-likeness (QED) is 0.856. The molecule has 3 N–H and O–H groups in total. The van der Waals surface area contributed by atoms with Gasteiger partial charge in [-0.25, -0.2) is 4.39 Å². The van der Waals surface area contributed by atoms with Crippen molar-refractivity contribution in [3.63, 3.8) is 0 Å². The van der Waals surface area contributed by atoms with Gasteiger partial charge in [0.25, 0.3) is 0 Å². The SMILES string of the molecule is CC(C)C(O)(CN)Cc1ccc(Cl)c(F)c1. The monoisotopic (exact) mass is 245 g/mol. The lowest BCUT2D eigenvalue weighted by Crippen LogP contribution is -2.44. The maximum Gasteiger partial charge on any atom is 0.142 e. The van der Waals surface area contributed by atoms with Gasteiger partial charge in [0, 0.05) is 13.0 Å². The zero-order valence-corrected chi connectivity index (χ0v) is 10.3. The summed E-state index contributed by atoms with van der Waals surface area (Å²) in [5.74, 6) is -0.460. The molecule has 1 rings (SSSR count). The zero-order chi connectivity index (χ0) is 12.3. The average Bonchev–Trinajstić information content (AvgIpc) is 2.23. The number of rotatable bonds is 4. The lowest BCUT2D eigenvalue weighted by Gasteiger charge is -2.31. The maximum atomic E-state index is 13.2. The number of halogens is 2. The summed E-state index contributed by atoms with van der Waals surface area (Å²) < 4.78 is 13.2. The predicted molar refractivity (Wildman–Crippen MR) is 64.0 cm³/mol. The molecule has 4 heteroatoms. The minimum Gasteiger partial charge on any atom is -0.388 e. The fourth-order valence-electron chi connectivity index (χ4n) is 1.52. The highest BCUT2D eigenvalue weighted by atomic mass is 35.5. The molecule has 0 aliphatic rings. The Bertz CT molecular complexity index is 370. The molecule has 0 radical (unpaired) electrons. The predicted octanol–water partition coefficient (Wildman–Crippen LogP) is 2.37. The summed E-state index contributed by atoms with van der Waals surface area (Å²) in [6.45, 7) is 3.92. The van der Waals surface area contributed by atoms with Crippen LogP contribution in [0.5, 0.6) is 0 Å². The zero-order valence-electron chi connectivity index (χ0n) is 9.50. The van der Waals surface area contributed by atoms with Crippen molar-refractivity contribution in [1.82, 2.24) is 0 Å². The fraction of sp³-hybridized carbons (Fsp3) is 0.500. The van der Waals surface area contributed by atoms with Crippen molar-refractivity contribution in [3.05, 3.63) is 34.6 Å². The fourth-order valence-corrected chi connectivity index (χ4v) is 1.63. The highest BCUT2D eigenvalue weighted by Crippen LogP contribution is 2.23. The third-order valence-corrected chi connectivity index (χ3v) is 3.23. The molecule has 1 aromatic rings. The van der Waals surface area contributed by atoms with Gasteiger partial charge in [-0.05, 0) is 23.6 Å². The van der Waals surface area contributed by atoms with Crippen LogP contribution in [0.25, 0.3) is 0 Å². The van der Waals surface area contributed by atoms with Crippen molar-refractivity contribution >= 4 is 11.6 Å². The van der Waals surface area contributed by atoms with Crippen LogP contribution in [0.2, 0.25) is 5.02 Å². The highest BCUT2D eigenvalue weighted by Gasteiger charge is 2.29. The number of hydrogen-bond acceptors (Lipinski definition) is 2. The highest BCUT2D eigenvalue weighted by molar-refractivity contribution is 6.30. The van der Waals surface area contributed by atoms with Crippen LogP contribution < -0.4 is 5.73 Å². The normalized spacial score (nSPS) is 15.2. The molecule has 90 valence electrons. The van der Waals surface area contributed by atoms with E-state index in [9.17, 15) is 9.50 Å². The van der Waals surface area contributed by atoms with Gasteiger partial charge in [0.15, 0.2) is 0 Å². The van der Waals surface area contributed by atoms with E-state index in [1.54, 1.807) is 6.07 Å². The number of nitrogens with two attached hydrogens (primary N) is 1. The topological polar surface area (TPSA) is 46.2 Å². The first-order valence-electron chi connectivity index (χ1n) is 5.25. The first-order valence-corrected chi connectivity index (χ1v) is 5.63. The Morgan fingerprint density at radius 3 is 2.56 bits per heavy atom. The molecule has 0 spiro atoms. The third kappa shape index (κ3) is 2.94. The summed E-state index contributed by atoms with van der Waals surface area (Å²) in [6, 6.07) is 4.53. The average molecular weight is 246 g/mol. The van der Waals surface area contributed by atoms with Gasteiger partial charge in [-0.3, -0.25) is 0 Å². The van der Waals surface area contributed by atoms with Crippen LogP contribution in [0.15, 0.2) is 18.2 Å². The van der Waals surface area contributed by atoms with E-state index in [2.05, 4.69) is 0 Å². The summed E-state index contributed by atoms with van der Waals surface area (Å²) in [5, 5.41) is 10.3. The van der Waals surface area contributed by atoms with Crippen LogP contribution in [0.1, 0.15) is 19.4 Å². The Morgan fingerprint density at radius 2 is 2.12 bits per heavy atom. The molecular formula is C12H17ClFNO. The summed E-state index contributed by atoms with van der Waals surface area (Å²) in [5.41, 5.74) is 5.25. The van der Waals surface area contributed by atoms with Gasteiger partial charge in [-0.15, -0.1) is 0 Å². The second-order valence-electron chi connectivity index (χ2n) is 4.39. The van der Waals surface area contributed by atoms with Gasteiger partial charge >= 0.3 is 0 Å². The molecule has 1 atom stereocenters. The molecule has 0 heterocycles. The standard InChI is InChI=1S/C12H17ClFNO/c1-8(2)12(16,7-15)6-9-3-4-10(13)11(14)5-9/h3-5,8,16H,6-7,15H2,1-2H3. The van der Waals surface area contributed by atoms with Gasteiger partial charge in [0.2, 0.25) is 0 Å². The van der Waals surface area contributed by atoms with Gasteiger partial charge in [0.05, 0.1) is 10.6 Å². The smallest absolute Gasteiger partial charge is 0.142 e. The molecule has 16 heavy (non-hydrogen) atoms. The Balaban J connectivity index is 2.90. The van der Waals surface area contributed by atoms with Gasteiger partial charge in [0.1, 0.15) is 5.82 Å². The van der Waals surface area contributed by atoms with Crippen LogP contribution in [0.4, 0.5) is 4.39 Å². The van der Waals surface area contributed by atoms with E-state index in [1.165, 1.54) is 12.1 Å². The van der Waals surface area contributed by atoms with Crippen LogP contribution in [-0.2, 0) is 6.42 Å². The summed E-state index contributed by atoms with van der Waals surface area (Å²) in [4.78, 5) is 0. The van der Waals surface area contributed by atoms with Crippen LogP contribution in [-0.4, -0.2) is 17.3 Å². The van der Waals surface area contributed by atoms with Gasteiger partial charge in [-0.2, -0.15) is 0 Å². The van der Waals surface area contributed by atoms with Crippen LogP contribution in [0, 0.1) is 11.7 Å². The maximum absolute atomic E-state index is 13.2. The molecule has 1 unspecified atom stereocenters. The van der Waals surface area contributed by atoms with E-state index < -0.39 is 11.4 Å². The van der Waals surface area contributed by atoms with Gasteiger partial charge < -0.3 is 10.8 Å². The van der Waals surface area contributed by atoms with Gasteiger partial charge in [-0.1, -0.05) is 31.5 Å². The van der Waals surface area contributed by atoms with Crippen molar-refractivity contribution in [2.45, 2.75) is 25.9 Å². The van der Waals surface area contributed by atoms with Crippen molar-refractivity contribution in [3.8, 4) is 0 Å². The van der Waals surface area contributed by atoms with E-state index in [4.69, 9.17) is 17.3 Å². The lowest BCUT2D eigenvalue weighted by atomic mass is 9.84. The van der Waals surface area contributed by atoms with Crippen LogP contribution in [0.3, 0.4) is 0 Å². The van der Waals surface area contributed by atoms with E-state index >= 15 is 0 Å². The first kappa shape index (κ1) is 13.4. The Labute approximate surface area is 100 Å². The Morgan fingerprint density at radius 1 is 1.50 bits per heavy atom. The Hall–Kier alpha value is -0.640. The molecule has 0 aliphatic heterocycles. The Kier molecular flexibility index (Phi) is 4.30. The molecule has 0 bridgehead atoms. The molecular weight excluding hydrogens is 229 g/mol. The minimum atomic E-state index is -1.000.